The lowest BCUT2D eigenvalue weighted by atomic mass is 10.1. The van der Waals surface area contributed by atoms with E-state index in [-0.39, 0.29) is 16.3 Å². The number of sulfonamides is 1. The van der Waals surface area contributed by atoms with Crippen LogP contribution >= 0.6 is 0 Å². The van der Waals surface area contributed by atoms with Crippen LogP contribution < -0.4 is 10.1 Å². The first kappa shape index (κ1) is 21.9. The Morgan fingerprint density at radius 2 is 1.71 bits per heavy atom. The highest BCUT2D eigenvalue weighted by atomic mass is 32.2. The van der Waals surface area contributed by atoms with Gasteiger partial charge < -0.3 is 0 Å². The molecule has 160 valence electrons. The maximum atomic E-state index is 13.1. The van der Waals surface area contributed by atoms with Crippen molar-refractivity contribution in [1.82, 2.24) is 4.98 Å². The fraction of sp³-hybridized carbons (Fsp3) is 0.143. The number of pyridine rings is 1. The molecule has 2 N–H and O–H groups in total. The van der Waals surface area contributed by atoms with Crippen molar-refractivity contribution < 1.29 is 13.3 Å². The van der Waals surface area contributed by atoms with E-state index in [1.54, 1.807) is 50.5 Å². The first-order chi connectivity index (χ1) is 14.7. The Morgan fingerprint density at radius 1 is 1.03 bits per heavy atom. The molecule has 3 aromatic rings. The number of anilines is 2. The number of nitro groups is 1. The lowest BCUT2D eigenvalue weighted by molar-refractivity contribution is -0.385. The van der Waals surface area contributed by atoms with Crippen molar-refractivity contribution in [3.05, 3.63) is 87.7 Å². The molecule has 9 nitrogen and oxygen atoms in total. The number of rotatable bonds is 7. The molecule has 0 aliphatic rings. The maximum absolute atomic E-state index is 13.1. The number of hydrogen-bond acceptors (Lipinski definition) is 7. The third-order valence-corrected chi connectivity index (χ3v) is 5.94. The molecule has 3 rings (SSSR count). The second-order valence-corrected chi connectivity index (χ2v) is 8.56. The normalized spacial score (nSPS) is 11.8. The van der Waals surface area contributed by atoms with Crippen LogP contribution in [-0.4, -0.2) is 24.0 Å². The second kappa shape index (κ2) is 8.92. The smallest absolute Gasteiger partial charge is 0.270 e. The summed E-state index contributed by atoms with van der Waals surface area (Å²) in [4.78, 5) is 14.2. The molecule has 0 bridgehead atoms. The van der Waals surface area contributed by atoms with Crippen LogP contribution in [0.1, 0.15) is 23.6 Å². The first-order valence-corrected chi connectivity index (χ1v) is 10.7. The first-order valence-electron chi connectivity index (χ1n) is 9.26. The van der Waals surface area contributed by atoms with E-state index in [9.17, 15) is 18.5 Å². The molecule has 0 aliphatic heterocycles. The Hall–Kier alpha value is -3.79. The average molecular weight is 439 g/mol. The zero-order valence-corrected chi connectivity index (χ0v) is 18.0. The Labute approximate surface area is 180 Å². The molecular formula is C21H21N5O4S. The van der Waals surface area contributed by atoms with Gasteiger partial charge in [-0.3, -0.25) is 25.2 Å². The highest BCUT2D eigenvalue weighted by molar-refractivity contribution is 7.92. The minimum atomic E-state index is -4.14. The lowest BCUT2D eigenvalue weighted by Gasteiger charge is -2.14. The number of aromatic nitrogens is 1. The predicted molar refractivity (Wildman–Crippen MR) is 120 cm³/mol. The van der Waals surface area contributed by atoms with Crippen LogP contribution in [0.3, 0.4) is 0 Å². The summed E-state index contributed by atoms with van der Waals surface area (Å²) in [5, 5.41) is 15.5. The summed E-state index contributed by atoms with van der Waals surface area (Å²) in [6, 6.07) is 12.3. The Balaban J connectivity index is 2.00. The number of non-ortho nitro benzene ring substituents is 1. The summed E-state index contributed by atoms with van der Waals surface area (Å²) in [6.45, 7) is 5.42. The van der Waals surface area contributed by atoms with Gasteiger partial charge >= 0.3 is 0 Å². The minimum Gasteiger partial charge on any atom is -0.279 e. The van der Waals surface area contributed by atoms with E-state index < -0.39 is 14.9 Å². The molecular weight excluding hydrogens is 418 g/mol. The Bertz CT molecular complexity index is 1260. The average Bonchev–Trinajstić information content (AvgIpc) is 2.74. The fourth-order valence-electron chi connectivity index (χ4n) is 2.87. The van der Waals surface area contributed by atoms with Gasteiger partial charge in [0.25, 0.3) is 15.7 Å². The highest BCUT2D eigenvalue weighted by Gasteiger charge is 2.23. The molecule has 0 saturated heterocycles. The minimum absolute atomic E-state index is 0.108. The summed E-state index contributed by atoms with van der Waals surface area (Å²) in [5.74, 6) is 0. The van der Waals surface area contributed by atoms with Gasteiger partial charge in [0.2, 0.25) is 0 Å². The van der Waals surface area contributed by atoms with Crippen molar-refractivity contribution in [3.63, 3.8) is 0 Å². The van der Waals surface area contributed by atoms with Gasteiger partial charge in [-0.25, -0.2) is 8.42 Å². The van der Waals surface area contributed by atoms with Crippen molar-refractivity contribution in [2.75, 3.05) is 10.1 Å². The number of hydrogen-bond donors (Lipinski definition) is 2. The summed E-state index contributed by atoms with van der Waals surface area (Å²) >= 11 is 0. The van der Waals surface area contributed by atoms with Crippen LogP contribution in [-0.2, 0) is 10.0 Å². The molecule has 0 radical (unpaired) electrons. The molecule has 2 aromatic carbocycles. The standard InChI is InChI=1S/C21H21N5O4S/c1-14-4-6-19(15(2)12-14)25-31(29,30)21-13-18(26(27)28)5-7-20(21)24-23-16(3)17-8-10-22-11-9-17/h4-13,24-25H,1-3H3. The summed E-state index contributed by atoms with van der Waals surface area (Å²) in [5.41, 5.74) is 5.97. The molecule has 1 heterocycles. The summed E-state index contributed by atoms with van der Waals surface area (Å²) in [7, 11) is -4.14. The van der Waals surface area contributed by atoms with E-state index in [0.717, 1.165) is 22.8 Å². The molecule has 0 atom stereocenters. The molecule has 0 spiro atoms. The second-order valence-electron chi connectivity index (χ2n) is 6.91. The summed E-state index contributed by atoms with van der Waals surface area (Å²) in [6.07, 6.45) is 3.23. The van der Waals surface area contributed by atoms with E-state index >= 15 is 0 Å². The molecule has 31 heavy (non-hydrogen) atoms. The molecule has 0 saturated carbocycles. The number of nitro benzene ring substituents is 1. The number of benzene rings is 2. The number of nitrogens with zero attached hydrogens (tertiary/aromatic N) is 3. The van der Waals surface area contributed by atoms with E-state index in [2.05, 4.69) is 20.2 Å². The highest BCUT2D eigenvalue weighted by Crippen LogP contribution is 2.29. The van der Waals surface area contributed by atoms with Gasteiger partial charge in [-0.2, -0.15) is 5.10 Å². The van der Waals surface area contributed by atoms with Gasteiger partial charge in [0, 0.05) is 30.1 Å². The van der Waals surface area contributed by atoms with Crippen LogP contribution in [0.4, 0.5) is 17.1 Å². The van der Waals surface area contributed by atoms with Crippen molar-refractivity contribution in [3.8, 4) is 0 Å². The van der Waals surface area contributed by atoms with Crippen LogP contribution in [0, 0.1) is 24.0 Å². The topological polar surface area (TPSA) is 127 Å². The van der Waals surface area contributed by atoms with Gasteiger partial charge in [0.05, 0.1) is 22.0 Å². The van der Waals surface area contributed by atoms with Crippen LogP contribution in [0.5, 0.6) is 0 Å². The monoisotopic (exact) mass is 439 g/mol. The zero-order valence-electron chi connectivity index (χ0n) is 17.2. The number of hydrazone groups is 1. The zero-order chi connectivity index (χ0) is 22.6. The third kappa shape index (κ3) is 5.23. The number of nitrogens with one attached hydrogen (secondary N) is 2. The van der Waals surface area contributed by atoms with E-state index in [4.69, 9.17) is 0 Å². The van der Waals surface area contributed by atoms with Gasteiger partial charge in [-0.15, -0.1) is 0 Å². The maximum Gasteiger partial charge on any atom is 0.270 e. The quantitative estimate of drug-likeness (QED) is 0.322. The van der Waals surface area contributed by atoms with Gasteiger partial charge in [-0.1, -0.05) is 17.7 Å². The predicted octanol–water partition coefficient (Wildman–Crippen LogP) is 4.24. The van der Waals surface area contributed by atoms with E-state index in [1.165, 1.54) is 12.1 Å². The molecule has 10 heteroatoms. The Kier molecular flexibility index (Phi) is 6.30. The van der Waals surface area contributed by atoms with Crippen molar-refractivity contribution in [2.24, 2.45) is 5.10 Å². The van der Waals surface area contributed by atoms with Crippen molar-refractivity contribution in [1.29, 1.82) is 0 Å². The molecule has 1 aromatic heterocycles. The molecule has 0 fully saturated rings. The van der Waals surface area contributed by atoms with Crippen molar-refractivity contribution >= 4 is 32.8 Å². The SMILES string of the molecule is CC(=NNc1ccc([N+](=O)[O-])cc1S(=O)(=O)Nc1ccc(C)cc1C)c1ccncc1. The van der Waals surface area contributed by atoms with Crippen molar-refractivity contribution in [2.45, 2.75) is 25.7 Å². The van der Waals surface area contributed by atoms with Crippen LogP contribution in [0.25, 0.3) is 0 Å². The third-order valence-electron chi connectivity index (χ3n) is 4.53. The largest absolute Gasteiger partial charge is 0.279 e. The molecule has 0 aliphatic carbocycles. The van der Waals surface area contributed by atoms with Gasteiger partial charge in [0.15, 0.2) is 0 Å². The van der Waals surface area contributed by atoms with Gasteiger partial charge in [0.1, 0.15) is 4.90 Å². The summed E-state index contributed by atoms with van der Waals surface area (Å²) < 4.78 is 28.7. The van der Waals surface area contributed by atoms with Gasteiger partial charge in [-0.05, 0) is 50.6 Å². The molecule has 0 amide bonds. The van der Waals surface area contributed by atoms with Crippen LogP contribution in [0.15, 0.2) is 70.9 Å². The van der Waals surface area contributed by atoms with E-state index in [0.29, 0.717) is 11.4 Å². The molecule has 0 unspecified atom stereocenters. The lowest BCUT2D eigenvalue weighted by Crippen LogP contribution is -2.16. The van der Waals surface area contributed by atoms with E-state index in [1.807, 2.05) is 13.0 Å². The fourth-order valence-corrected chi connectivity index (χ4v) is 4.18. The Morgan fingerprint density at radius 3 is 2.35 bits per heavy atom. The number of aryl methyl sites for hydroxylation is 2. The van der Waals surface area contributed by atoms with Crippen LogP contribution in [0.2, 0.25) is 0 Å².